The van der Waals surface area contributed by atoms with Crippen LogP contribution in [0.2, 0.25) is 0 Å². The summed E-state index contributed by atoms with van der Waals surface area (Å²) >= 11 is 1.66. The zero-order valence-electron chi connectivity index (χ0n) is 13.8. The molecule has 0 aliphatic rings. The number of hydrogen-bond acceptors (Lipinski definition) is 5. The van der Waals surface area contributed by atoms with Gasteiger partial charge in [-0.05, 0) is 29.2 Å². The van der Waals surface area contributed by atoms with Crippen molar-refractivity contribution in [2.45, 2.75) is 37.9 Å². The number of rotatable bonds is 7. The van der Waals surface area contributed by atoms with Crippen molar-refractivity contribution in [2.24, 2.45) is 5.92 Å². The monoisotopic (exact) mass is 343 g/mol. The van der Waals surface area contributed by atoms with Gasteiger partial charge in [0.1, 0.15) is 0 Å². The molecule has 1 aromatic carbocycles. The third kappa shape index (κ3) is 3.88. The summed E-state index contributed by atoms with van der Waals surface area (Å²) in [5, 5.41) is 18.7. The van der Waals surface area contributed by atoms with E-state index in [1.165, 1.54) is 5.56 Å². The molecule has 0 amide bonds. The lowest BCUT2D eigenvalue weighted by molar-refractivity contribution is 0.282. The largest absolute Gasteiger partial charge is 0.461 e. The van der Waals surface area contributed by atoms with E-state index in [-0.39, 0.29) is 6.61 Å². The molecule has 0 spiro atoms. The van der Waals surface area contributed by atoms with Crippen molar-refractivity contribution >= 4 is 11.8 Å². The first-order chi connectivity index (χ1) is 11.7. The first-order valence-electron chi connectivity index (χ1n) is 7.96. The Balaban J connectivity index is 1.79. The normalized spacial score (nSPS) is 11.3. The van der Waals surface area contributed by atoms with Crippen LogP contribution in [0.4, 0.5) is 0 Å². The van der Waals surface area contributed by atoms with Crippen LogP contribution >= 0.6 is 11.8 Å². The topological polar surface area (TPSA) is 64.1 Å². The number of hydrogen-bond donors (Lipinski definition) is 1. The van der Waals surface area contributed by atoms with Gasteiger partial charge in [-0.3, -0.25) is 4.57 Å². The van der Waals surface area contributed by atoms with Crippen molar-refractivity contribution in [1.82, 2.24) is 14.8 Å². The highest BCUT2D eigenvalue weighted by Gasteiger charge is 2.17. The molecule has 0 bridgehead atoms. The molecule has 126 valence electrons. The average Bonchev–Trinajstić information content (AvgIpc) is 3.23. The molecule has 3 rings (SSSR count). The van der Waals surface area contributed by atoms with E-state index in [0.29, 0.717) is 5.92 Å². The average molecular weight is 343 g/mol. The lowest BCUT2D eigenvalue weighted by atomic mass is 10.2. The Labute approximate surface area is 145 Å². The first-order valence-corrected chi connectivity index (χ1v) is 8.94. The first kappa shape index (κ1) is 16.8. The van der Waals surface area contributed by atoms with Gasteiger partial charge in [0.15, 0.2) is 16.7 Å². The maximum absolute atomic E-state index is 9.11. The predicted octanol–water partition coefficient (Wildman–Crippen LogP) is 3.98. The fraction of sp³-hybridized carbons (Fsp3) is 0.333. The summed E-state index contributed by atoms with van der Waals surface area (Å²) < 4.78 is 7.61. The molecular formula is C18H21N3O2S. The van der Waals surface area contributed by atoms with Crippen molar-refractivity contribution in [2.75, 3.05) is 0 Å². The summed E-state index contributed by atoms with van der Waals surface area (Å²) in [5.41, 5.74) is 2.11. The second kappa shape index (κ2) is 7.68. The third-order valence-corrected chi connectivity index (χ3v) is 4.62. The molecular weight excluding hydrogens is 322 g/mol. The molecule has 24 heavy (non-hydrogen) atoms. The van der Waals surface area contributed by atoms with Crippen LogP contribution in [0, 0.1) is 5.92 Å². The van der Waals surface area contributed by atoms with E-state index in [0.717, 1.165) is 34.6 Å². The standard InChI is InChI=1S/C18H21N3O2S/c1-13(2)10-21-17(16-4-3-9-23-16)19-20-18(21)24-12-15-7-5-14(11-22)6-8-15/h3-9,13,22H,10-12H2,1-2H3. The zero-order valence-corrected chi connectivity index (χ0v) is 14.7. The Hall–Kier alpha value is -2.05. The molecule has 5 nitrogen and oxygen atoms in total. The molecule has 0 saturated carbocycles. The van der Waals surface area contributed by atoms with E-state index >= 15 is 0 Å². The SMILES string of the molecule is CC(C)Cn1c(SCc2ccc(CO)cc2)nnc1-c1ccco1. The van der Waals surface area contributed by atoms with Gasteiger partial charge in [0, 0.05) is 12.3 Å². The second-order valence-corrected chi connectivity index (χ2v) is 6.99. The van der Waals surface area contributed by atoms with E-state index in [2.05, 4.69) is 28.6 Å². The highest BCUT2D eigenvalue weighted by molar-refractivity contribution is 7.98. The van der Waals surface area contributed by atoms with Crippen LogP contribution in [-0.2, 0) is 18.9 Å². The fourth-order valence-electron chi connectivity index (χ4n) is 2.40. The van der Waals surface area contributed by atoms with Gasteiger partial charge >= 0.3 is 0 Å². The Bertz CT molecular complexity index is 764. The molecule has 0 fully saturated rings. The van der Waals surface area contributed by atoms with Crippen molar-refractivity contribution in [1.29, 1.82) is 0 Å². The number of nitrogens with zero attached hydrogens (tertiary/aromatic N) is 3. The molecule has 2 heterocycles. The van der Waals surface area contributed by atoms with E-state index in [9.17, 15) is 0 Å². The van der Waals surface area contributed by atoms with Gasteiger partial charge in [0.2, 0.25) is 0 Å². The Morgan fingerprint density at radius 1 is 1.12 bits per heavy atom. The Morgan fingerprint density at radius 2 is 1.88 bits per heavy atom. The molecule has 0 unspecified atom stereocenters. The van der Waals surface area contributed by atoms with Gasteiger partial charge in [-0.25, -0.2) is 0 Å². The number of thioether (sulfide) groups is 1. The van der Waals surface area contributed by atoms with Gasteiger partial charge in [-0.2, -0.15) is 0 Å². The lowest BCUT2D eigenvalue weighted by Gasteiger charge is -2.11. The molecule has 0 aliphatic heterocycles. The highest BCUT2D eigenvalue weighted by Crippen LogP contribution is 2.27. The van der Waals surface area contributed by atoms with E-state index < -0.39 is 0 Å². The summed E-state index contributed by atoms with van der Waals surface area (Å²) in [6.45, 7) is 5.26. The fourth-order valence-corrected chi connectivity index (χ4v) is 3.31. The number of aliphatic hydroxyl groups is 1. The minimum atomic E-state index is 0.0721. The molecule has 6 heteroatoms. The summed E-state index contributed by atoms with van der Waals surface area (Å²) in [6.07, 6.45) is 1.65. The maximum atomic E-state index is 9.11. The van der Waals surface area contributed by atoms with Gasteiger partial charge in [-0.1, -0.05) is 49.9 Å². The number of aromatic nitrogens is 3. The Kier molecular flexibility index (Phi) is 5.37. The van der Waals surface area contributed by atoms with Gasteiger partial charge in [-0.15, -0.1) is 10.2 Å². The van der Waals surface area contributed by atoms with Crippen LogP contribution in [0.5, 0.6) is 0 Å². The molecule has 2 aromatic heterocycles. The summed E-state index contributed by atoms with van der Waals surface area (Å²) in [5.74, 6) is 2.80. The van der Waals surface area contributed by atoms with Crippen LogP contribution in [0.15, 0.2) is 52.2 Å². The van der Waals surface area contributed by atoms with Crippen molar-refractivity contribution in [3.05, 3.63) is 53.8 Å². The number of furan rings is 1. The molecule has 3 aromatic rings. The van der Waals surface area contributed by atoms with Crippen LogP contribution < -0.4 is 0 Å². The molecule has 0 aliphatic carbocycles. The Morgan fingerprint density at radius 3 is 2.50 bits per heavy atom. The third-order valence-electron chi connectivity index (χ3n) is 3.58. The smallest absolute Gasteiger partial charge is 0.200 e. The molecule has 0 saturated heterocycles. The molecule has 1 N–H and O–H groups in total. The minimum Gasteiger partial charge on any atom is -0.461 e. The second-order valence-electron chi connectivity index (χ2n) is 6.05. The summed E-state index contributed by atoms with van der Waals surface area (Å²) in [6, 6.07) is 11.7. The van der Waals surface area contributed by atoms with E-state index in [1.54, 1.807) is 18.0 Å². The van der Waals surface area contributed by atoms with Gasteiger partial charge < -0.3 is 9.52 Å². The van der Waals surface area contributed by atoms with Crippen molar-refractivity contribution < 1.29 is 9.52 Å². The highest BCUT2D eigenvalue weighted by atomic mass is 32.2. The van der Waals surface area contributed by atoms with Crippen LogP contribution in [0.3, 0.4) is 0 Å². The number of benzene rings is 1. The van der Waals surface area contributed by atoms with Gasteiger partial charge in [0.05, 0.1) is 12.9 Å². The minimum absolute atomic E-state index is 0.0721. The quantitative estimate of drug-likeness (QED) is 0.657. The maximum Gasteiger partial charge on any atom is 0.200 e. The number of aliphatic hydroxyl groups excluding tert-OH is 1. The van der Waals surface area contributed by atoms with Gasteiger partial charge in [0.25, 0.3) is 0 Å². The van der Waals surface area contributed by atoms with Crippen LogP contribution in [0.25, 0.3) is 11.6 Å². The van der Waals surface area contributed by atoms with E-state index in [4.69, 9.17) is 9.52 Å². The lowest BCUT2D eigenvalue weighted by Crippen LogP contribution is -2.07. The van der Waals surface area contributed by atoms with E-state index in [1.807, 2.05) is 36.4 Å². The summed E-state index contributed by atoms with van der Waals surface area (Å²) in [4.78, 5) is 0. The zero-order chi connectivity index (χ0) is 16.9. The van der Waals surface area contributed by atoms with Crippen LogP contribution in [0.1, 0.15) is 25.0 Å². The summed E-state index contributed by atoms with van der Waals surface area (Å²) in [7, 11) is 0. The molecule has 0 atom stereocenters. The van der Waals surface area contributed by atoms with Crippen LogP contribution in [-0.4, -0.2) is 19.9 Å². The van der Waals surface area contributed by atoms with Crippen molar-refractivity contribution in [3.8, 4) is 11.6 Å². The molecule has 0 radical (unpaired) electrons. The predicted molar refractivity (Wildman–Crippen MR) is 94.5 cm³/mol. The van der Waals surface area contributed by atoms with Crippen molar-refractivity contribution in [3.63, 3.8) is 0 Å².